The number of hydrogen-bond acceptors (Lipinski definition) is 4. The summed E-state index contributed by atoms with van der Waals surface area (Å²) in [6.07, 6.45) is 2.55. The Morgan fingerprint density at radius 2 is 1.96 bits per heavy atom. The Kier molecular flexibility index (Phi) is 9.04. The molecule has 0 fully saturated rings. The molecule has 3 N–H and O–H groups in total. The fraction of sp³-hybridized carbons (Fsp3) is 0.300. The molecule has 150 valence electrons. The summed E-state index contributed by atoms with van der Waals surface area (Å²) in [6.45, 7) is 0.297. The lowest BCUT2D eigenvalue weighted by Crippen LogP contribution is -2.45. The van der Waals surface area contributed by atoms with Crippen LogP contribution in [0.25, 0.3) is 0 Å². The van der Waals surface area contributed by atoms with Gasteiger partial charge in [-0.25, -0.2) is 4.39 Å². The maximum absolute atomic E-state index is 13.0. The Labute approximate surface area is 181 Å². The van der Waals surface area contributed by atoms with E-state index >= 15 is 0 Å². The molecule has 0 aromatic heterocycles. The van der Waals surface area contributed by atoms with Gasteiger partial charge in [0.2, 0.25) is 11.8 Å². The smallest absolute Gasteiger partial charge is 0.240 e. The van der Waals surface area contributed by atoms with E-state index in [0.717, 1.165) is 20.4 Å². The number of benzene rings is 2. The highest BCUT2D eigenvalue weighted by atomic mass is 127. The van der Waals surface area contributed by atoms with Gasteiger partial charge in [-0.15, -0.1) is 0 Å². The molecule has 0 heterocycles. The summed E-state index contributed by atoms with van der Waals surface area (Å²) in [7, 11) is 0. The summed E-state index contributed by atoms with van der Waals surface area (Å²) in [4.78, 5) is 23.9. The van der Waals surface area contributed by atoms with Crippen LogP contribution in [0.15, 0.2) is 42.5 Å². The molecular weight excluding hydrogens is 494 g/mol. The van der Waals surface area contributed by atoms with Crippen LogP contribution in [0.4, 0.5) is 4.39 Å². The standard InChI is InChI=1S/C20H22FIN2O3S/c1-28-9-8-18(20(23)26)24-19(25)11-14-10-16(6-7-17(14)22)27-12-13-2-4-15(21)5-3-13/h2-7,10,18H,8-9,11-12H2,1H3,(H2,23,26)(H,24,25). The number of amides is 2. The van der Waals surface area contributed by atoms with Crippen LogP contribution in [0.2, 0.25) is 0 Å². The van der Waals surface area contributed by atoms with Crippen molar-refractivity contribution in [1.29, 1.82) is 0 Å². The highest BCUT2D eigenvalue weighted by Gasteiger charge is 2.18. The Morgan fingerprint density at radius 1 is 1.25 bits per heavy atom. The summed E-state index contributed by atoms with van der Waals surface area (Å²) in [5, 5.41) is 2.70. The van der Waals surface area contributed by atoms with E-state index in [-0.39, 0.29) is 18.1 Å². The first-order valence-electron chi connectivity index (χ1n) is 8.62. The van der Waals surface area contributed by atoms with Gasteiger partial charge in [0.25, 0.3) is 0 Å². The van der Waals surface area contributed by atoms with Crippen LogP contribution in [0.5, 0.6) is 5.75 Å². The molecule has 0 aliphatic carbocycles. The summed E-state index contributed by atoms with van der Waals surface area (Å²) >= 11 is 3.74. The van der Waals surface area contributed by atoms with E-state index in [0.29, 0.717) is 18.8 Å². The van der Waals surface area contributed by atoms with Gasteiger partial charge in [-0.1, -0.05) is 12.1 Å². The number of carbonyl (C=O) groups excluding carboxylic acids is 2. The SMILES string of the molecule is CSCCC(NC(=O)Cc1cc(OCc2ccc(F)cc2)ccc1I)C(N)=O. The summed E-state index contributed by atoms with van der Waals surface area (Å²) < 4.78 is 19.6. The third-order valence-corrected chi connectivity index (χ3v) is 5.67. The lowest BCUT2D eigenvalue weighted by Gasteiger charge is -2.15. The largest absolute Gasteiger partial charge is 0.489 e. The Morgan fingerprint density at radius 3 is 2.61 bits per heavy atom. The molecule has 5 nitrogen and oxygen atoms in total. The predicted molar refractivity (Wildman–Crippen MR) is 118 cm³/mol. The Bertz CT molecular complexity index is 818. The van der Waals surface area contributed by atoms with Crippen LogP contribution in [-0.4, -0.2) is 29.9 Å². The van der Waals surface area contributed by atoms with Crippen LogP contribution in [-0.2, 0) is 22.6 Å². The molecule has 0 radical (unpaired) electrons. The maximum atomic E-state index is 13.0. The zero-order chi connectivity index (χ0) is 20.5. The van der Waals surface area contributed by atoms with Gasteiger partial charge in [-0.05, 0) is 82.5 Å². The number of halogens is 2. The highest BCUT2D eigenvalue weighted by molar-refractivity contribution is 14.1. The van der Waals surface area contributed by atoms with E-state index in [4.69, 9.17) is 10.5 Å². The molecule has 0 bridgehead atoms. The first kappa shape index (κ1) is 22.5. The van der Waals surface area contributed by atoms with Crippen molar-refractivity contribution in [2.24, 2.45) is 5.73 Å². The van der Waals surface area contributed by atoms with Gasteiger partial charge in [0.05, 0.1) is 6.42 Å². The van der Waals surface area contributed by atoms with Crippen molar-refractivity contribution in [1.82, 2.24) is 5.32 Å². The number of nitrogens with one attached hydrogen (secondary N) is 1. The number of nitrogens with two attached hydrogens (primary N) is 1. The van der Waals surface area contributed by atoms with E-state index in [1.54, 1.807) is 30.0 Å². The minimum atomic E-state index is -0.671. The molecule has 0 aliphatic heterocycles. The molecule has 28 heavy (non-hydrogen) atoms. The van der Waals surface area contributed by atoms with Crippen molar-refractivity contribution in [3.8, 4) is 5.75 Å². The van der Waals surface area contributed by atoms with Gasteiger partial charge in [-0.2, -0.15) is 11.8 Å². The zero-order valence-electron chi connectivity index (χ0n) is 15.4. The molecule has 2 amide bonds. The number of ether oxygens (including phenoxy) is 1. The number of carbonyl (C=O) groups is 2. The highest BCUT2D eigenvalue weighted by Crippen LogP contribution is 2.21. The molecule has 2 aromatic carbocycles. The van der Waals surface area contributed by atoms with Crippen LogP contribution in [0.3, 0.4) is 0 Å². The number of primary amides is 1. The molecule has 2 rings (SSSR count). The molecule has 8 heteroatoms. The molecule has 0 aliphatic rings. The first-order chi connectivity index (χ1) is 13.4. The minimum Gasteiger partial charge on any atom is -0.489 e. The van der Waals surface area contributed by atoms with Crippen LogP contribution in [0, 0.1) is 9.39 Å². The van der Waals surface area contributed by atoms with E-state index in [2.05, 4.69) is 27.9 Å². The van der Waals surface area contributed by atoms with Gasteiger partial charge in [0.15, 0.2) is 0 Å². The van der Waals surface area contributed by atoms with Gasteiger partial charge >= 0.3 is 0 Å². The molecule has 1 atom stereocenters. The Hall–Kier alpha value is -1.81. The monoisotopic (exact) mass is 516 g/mol. The lowest BCUT2D eigenvalue weighted by molar-refractivity contribution is -0.127. The van der Waals surface area contributed by atoms with Crippen molar-refractivity contribution >= 4 is 46.2 Å². The van der Waals surface area contributed by atoms with Gasteiger partial charge in [0.1, 0.15) is 24.2 Å². The molecule has 0 saturated heterocycles. The van der Waals surface area contributed by atoms with Crippen LogP contribution in [0.1, 0.15) is 17.5 Å². The third kappa shape index (κ3) is 7.31. The second-order valence-corrected chi connectivity index (χ2v) is 8.30. The van der Waals surface area contributed by atoms with Gasteiger partial charge < -0.3 is 15.8 Å². The van der Waals surface area contributed by atoms with Gasteiger partial charge in [-0.3, -0.25) is 9.59 Å². The van der Waals surface area contributed by atoms with Crippen molar-refractivity contribution in [3.63, 3.8) is 0 Å². The minimum absolute atomic E-state index is 0.120. The fourth-order valence-corrected chi connectivity index (χ4v) is 3.46. The third-order valence-electron chi connectivity index (χ3n) is 3.98. The van der Waals surface area contributed by atoms with E-state index in [1.165, 1.54) is 12.1 Å². The van der Waals surface area contributed by atoms with E-state index in [1.807, 2.05) is 18.4 Å². The summed E-state index contributed by atoms with van der Waals surface area (Å²) in [6, 6.07) is 10.9. The maximum Gasteiger partial charge on any atom is 0.240 e. The topological polar surface area (TPSA) is 81.4 Å². The predicted octanol–water partition coefficient (Wildman–Crippen LogP) is 3.28. The molecule has 1 unspecified atom stereocenters. The summed E-state index contributed by atoms with van der Waals surface area (Å²) in [5.41, 5.74) is 7.01. The molecular formula is C20H22FIN2O3S. The van der Waals surface area contributed by atoms with Crippen LogP contribution >= 0.6 is 34.4 Å². The average molecular weight is 516 g/mol. The van der Waals surface area contributed by atoms with Crippen molar-refractivity contribution < 1.29 is 18.7 Å². The molecule has 2 aromatic rings. The first-order valence-corrected chi connectivity index (χ1v) is 11.1. The molecule has 0 saturated carbocycles. The lowest BCUT2D eigenvalue weighted by atomic mass is 10.1. The second-order valence-electron chi connectivity index (χ2n) is 6.15. The molecule has 0 spiro atoms. The van der Waals surface area contributed by atoms with Crippen molar-refractivity contribution in [2.45, 2.75) is 25.5 Å². The quantitative estimate of drug-likeness (QED) is 0.476. The second kappa shape index (κ2) is 11.3. The zero-order valence-corrected chi connectivity index (χ0v) is 18.4. The van der Waals surface area contributed by atoms with Crippen molar-refractivity contribution in [3.05, 3.63) is 63.0 Å². The summed E-state index contributed by atoms with van der Waals surface area (Å²) in [5.74, 6) is 0.254. The fourth-order valence-electron chi connectivity index (χ4n) is 2.46. The van der Waals surface area contributed by atoms with E-state index < -0.39 is 11.9 Å². The van der Waals surface area contributed by atoms with Crippen LogP contribution < -0.4 is 15.8 Å². The Balaban J connectivity index is 1.98. The number of thioether (sulfide) groups is 1. The van der Waals surface area contributed by atoms with Gasteiger partial charge in [0, 0.05) is 3.57 Å². The van der Waals surface area contributed by atoms with Crippen molar-refractivity contribution in [2.75, 3.05) is 12.0 Å². The van der Waals surface area contributed by atoms with E-state index in [9.17, 15) is 14.0 Å². The normalized spacial score (nSPS) is 11.7. The number of hydrogen-bond donors (Lipinski definition) is 2. The average Bonchev–Trinajstić information content (AvgIpc) is 2.66. The number of rotatable bonds is 10.